The van der Waals surface area contributed by atoms with E-state index in [1.165, 1.54) is 25.7 Å². The van der Waals surface area contributed by atoms with Crippen molar-refractivity contribution in [3.8, 4) is 0 Å². The maximum absolute atomic E-state index is 10.5. The molecule has 0 spiro atoms. The van der Waals surface area contributed by atoms with E-state index in [-0.39, 0.29) is 0 Å². The monoisotopic (exact) mass is 128 g/mol. The lowest BCUT2D eigenvalue weighted by Crippen LogP contribution is -2.17. The fourth-order valence-corrected chi connectivity index (χ4v) is 1.56. The molecule has 1 aliphatic carbocycles. The van der Waals surface area contributed by atoms with Crippen molar-refractivity contribution >= 4 is 0 Å². The molecule has 0 aromatic heterocycles. The van der Waals surface area contributed by atoms with Crippen LogP contribution in [0, 0.1) is 11.1 Å². The summed E-state index contributed by atoms with van der Waals surface area (Å²) in [5, 5.41) is 11.6. The van der Waals surface area contributed by atoms with Gasteiger partial charge in [0.05, 0.1) is 0 Å². The molecule has 0 unspecified atom stereocenters. The zero-order valence-corrected chi connectivity index (χ0v) is 5.97. The molecule has 0 amide bonds. The molecule has 0 N–H and O–H groups in total. The molecule has 9 heavy (non-hydrogen) atoms. The van der Waals surface area contributed by atoms with E-state index in [0.717, 1.165) is 11.6 Å². The Morgan fingerprint density at radius 2 is 2.00 bits per heavy atom. The second kappa shape index (κ2) is 3.18. The molecule has 1 aliphatic rings. The van der Waals surface area contributed by atoms with Gasteiger partial charge in [-0.05, 0) is 32.4 Å². The topological polar surface area (TPSA) is 26.3 Å². The fourth-order valence-electron chi connectivity index (χ4n) is 1.56. The smallest absolute Gasteiger partial charge is 0.0118 e. The Kier molecular flexibility index (Phi) is 2.49. The van der Waals surface area contributed by atoms with Crippen LogP contribution in [0.25, 0.3) is 0 Å². The highest BCUT2D eigenvalue weighted by atomic mass is 16.5. The van der Waals surface area contributed by atoms with Gasteiger partial charge < -0.3 is 10.3 Å². The van der Waals surface area contributed by atoms with E-state index in [4.69, 9.17) is 0 Å². The van der Waals surface area contributed by atoms with Gasteiger partial charge in [0.25, 0.3) is 0 Å². The Morgan fingerprint density at radius 3 is 2.44 bits per heavy atom. The summed E-state index contributed by atoms with van der Waals surface area (Å²) in [6, 6.07) is 0. The van der Waals surface area contributed by atoms with Gasteiger partial charge in [-0.2, -0.15) is 0 Å². The highest BCUT2D eigenvalue weighted by molar-refractivity contribution is 4.69. The second-order valence-electron chi connectivity index (χ2n) is 2.96. The molecule has 1 rings (SSSR count). The largest absolute Gasteiger partial charge is 0.785 e. The zero-order valence-electron chi connectivity index (χ0n) is 5.97. The molecule has 0 saturated heterocycles. The summed E-state index contributed by atoms with van der Waals surface area (Å²) in [4.78, 5) is 0. The molecule has 0 bridgehead atoms. The Morgan fingerprint density at radius 1 is 1.44 bits per heavy atom. The highest BCUT2D eigenvalue weighted by Crippen LogP contribution is 2.24. The summed E-state index contributed by atoms with van der Waals surface area (Å²) in [5.41, 5.74) is 0. The van der Waals surface area contributed by atoms with Gasteiger partial charge in [0.2, 0.25) is 0 Å². The molecular weight excluding hydrogens is 114 g/mol. The van der Waals surface area contributed by atoms with Crippen LogP contribution < -0.4 is 0 Å². The van der Waals surface area contributed by atoms with Crippen LogP contribution in [0.5, 0.6) is 0 Å². The fraction of sp³-hybridized carbons (Fsp3) is 1.00. The van der Waals surface area contributed by atoms with Crippen LogP contribution in [0.1, 0.15) is 25.7 Å². The first-order valence-electron chi connectivity index (χ1n) is 3.67. The van der Waals surface area contributed by atoms with Crippen LogP contribution in [0.15, 0.2) is 0 Å². The van der Waals surface area contributed by atoms with Crippen LogP contribution in [0.3, 0.4) is 0 Å². The van der Waals surface area contributed by atoms with Crippen molar-refractivity contribution in [2.24, 2.45) is 5.92 Å². The summed E-state index contributed by atoms with van der Waals surface area (Å²) in [6.07, 6.45) is 5.20. The second-order valence-corrected chi connectivity index (χ2v) is 2.96. The van der Waals surface area contributed by atoms with Crippen molar-refractivity contribution in [2.45, 2.75) is 25.7 Å². The summed E-state index contributed by atoms with van der Waals surface area (Å²) >= 11 is 0. The number of hydrogen-bond donors (Lipinski definition) is 0. The molecule has 2 nitrogen and oxygen atoms in total. The molecular formula is C7H14NO-. The normalized spacial score (nSPS) is 21.7. The lowest BCUT2D eigenvalue weighted by atomic mass is 10.1. The number of nitrogens with zero attached hydrogens (tertiary/aromatic N) is 1. The number of rotatable bonds is 2. The SMILES string of the molecule is CN([O-])CC1CCCC1. The Balaban J connectivity index is 2.11. The maximum atomic E-state index is 10.5. The van der Waals surface area contributed by atoms with Crippen LogP contribution in [-0.4, -0.2) is 18.7 Å². The van der Waals surface area contributed by atoms with Gasteiger partial charge >= 0.3 is 0 Å². The Labute approximate surface area is 56.4 Å². The van der Waals surface area contributed by atoms with Gasteiger partial charge in [-0.3, -0.25) is 0 Å². The van der Waals surface area contributed by atoms with E-state index in [1.54, 1.807) is 7.05 Å². The van der Waals surface area contributed by atoms with E-state index in [2.05, 4.69) is 0 Å². The highest BCUT2D eigenvalue weighted by Gasteiger charge is 2.13. The molecule has 0 atom stereocenters. The lowest BCUT2D eigenvalue weighted by molar-refractivity contribution is 0.360. The Hall–Kier alpha value is -0.0800. The van der Waals surface area contributed by atoms with E-state index in [9.17, 15) is 5.21 Å². The molecule has 2 heteroatoms. The van der Waals surface area contributed by atoms with Gasteiger partial charge in [-0.15, -0.1) is 0 Å². The van der Waals surface area contributed by atoms with E-state index in [1.807, 2.05) is 0 Å². The summed E-state index contributed by atoms with van der Waals surface area (Å²) in [5.74, 6) is 0.701. The van der Waals surface area contributed by atoms with E-state index < -0.39 is 0 Å². The maximum Gasteiger partial charge on any atom is -0.0118 e. The predicted octanol–water partition coefficient (Wildman–Crippen LogP) is 1.61. The van der Waals surface area contributed by atoms with Gasteiger partial charge in [0.1, 0.15) is 0 Å². The quantitative estimate of drug-likeness (QED) is 0.528. The third-order valence-corrected chi connectivity index (χ3v) is 1.99. The average molecular weight is 128 g/mol. The zero-order chi connectivity index (χ0) is 6.69. The lowest BCUT2D eigenvalue weighted by Gasteiger charge is -2.25. The van der Waals surface area contributed by atoms with Crippen molar-refractivity contribution in [1.29, 1.82) is 0 Å². The van der Waals surface area contributed by atoms with Crippen molar-refractivity contribution in [2.75, 3.05) is 13.6 Å². The first-order chi connectivity index (χ1) is 4.29. The molecule has 0 heterocycles. The minimum atomic E-state index is 0.701. The van der Waals surface area contributed by atoms with E-state index >= 15 is 0 Å². The van der Waals surface area contributed by atoms with Gasteiger partial charge in [-0.1, -0.05) is 12.8 Å². The predicted molar refractivity (Wildman–Crippen MR) is 38.0 cm³/mol. The Bertz CT molecular complexity index is 77.0. The van der Waals surface area contributed by atoms with Crippen molar-refractivity contribution in [3.05, 3.63) is 5.21 Å². The van der Waals surface area contributed by atoms with Crippen LogP contribution in [0.2, 0.25) is 0 Å². The molecule has 1 saturated carbocycles. The third kappa shape index (κ3) is 2.33. The first-order valence-corrected chi connectivity index (χ1v) is 3.67. The van der Waals surface area contributed by atoms with Crippen molar-refractivity contribution in [3.63, 3.8) is 0 Å². The summed E-state index contributed by atoms with van der Waals surface area (Å²) < 4.78 is 0. The van der Waals surface area contributed by atoms with Gasteiger partial charge in [-0.25, -0.2) is 0 Å². The molecule has 54 valence electrons. The van der Waals surface area contributed by atoms with Crippen LogP contribution >= 0.6 is 0 Å². The molecule has 1 fully saturated rings. The number of hydroxylamine groups is 2. The van der Waals surface area contributed by atoms with Crippen molar-refractivity contribution in [1.82, 2.24) is 5.06 Å². The minimum Gasteiger partial charge on any atom is -0.785 e. The molecule has 0 aromatic rings. The van der Waals surface area contributed by atoms with Crippen LogP contribution in [0.4, 0.5) is 0 Å². The van der Waals surface area contributed by atoms with Gasteiger partial charge in [0, 0.05) is 0 Å². The minimum absolute atomic E-state index is 0.701. The summed E-state index contributed by atoms with van der Waals surface area (Å²) in [7, 11) is 1.61. The average Bonchev–Trinajstić information content (AvgIpc) is 2.15. The third-order valence-electron chi connectivity index (χ3n) is 1.99. The standard InChI is InChI=1S/C7H14NO/c1-8(9)6-7-4-2-3-5-7/h7H,2-6H2,1H3/q-1. The first kappa shape index (κ1) is 7.03. The molecule has 0 radical (unpaired) electrons. The van der Waals surface area contributed by atoms with Crippen LogP contribution in [-0.2, 0) is 0 Å². The molecule has 0 aromatic carbocycles. The van der Waals surface area contributed by atoms with E-state index in [0.29, 0.717) is 5.92 Å². The van der Waals surface area contributed by atoms with Crippen molar-refractivity contribution < 1.29 is 0 Å². The number of hydrogen-bond acceptors (Lipinski definition) is 2. The van der Waals surface area contributed by atoms with Gasteiger partial charge in [0.15, 0.2) is 0 Å². The summed E-state index contributed by atoms with van der Waals surface area (Å²) in [6.45, 7) is 0.750. The molecule has 0 aliphatic heterocycles.